The number of nitrogens with zero attached hydrogens (tertiary/aromatic N) is 4. The van der Waals surface area contributed by atoms with Crippen molar-refractivity contribution in [2.45, 2.75) is 19.0 Å². The van der Waals surface area contributed by atoms with E-state index in [1.54, 1.807) is 4.68 Å². The van der Waals surface area contributed by atoms with Crippen molar-refractivity contribution in [2.24, 2.45) is 5.92 Å². The average Bonchev–Trinajstić information content (AvgIpc) is 3.37. The second-order valence-electron chi connectivity index (χ2n) is 6.62. The van der Waals surface area contributed by atoms with Gasteiger partial charge in [0.25, 0.3) is 5.91 Å². The van der Waals surface area contributed by atoms with Crippen LogP contribution in [-0.4, -0.2) is 44.8 Å². The number of hydrogen-bond donors (Lipinski definition) is 0. The van der Waals surface area contributed by atoms with Crippen LogP contribution in [0.5, 0.6) is 0 Å². The molecule has 9 heteroatoms. The molecule has 1 fully saturated rings. The average molecular weight is 406 g/mol. The normalized spacial score (nSPS) is 17.7. The van der Waals surface area contributed by atoms with E-state index in [1.807, 2.05) is 47.8 Å². The molecule has 1 aliphatic heterocycles. The Hall–Kier alpha value is -2.68. The third-order valence-electron chi connectivity index (χ3n) is 4.71. The molecule has 1 aromatic carbocycles. The summed E-state index contributed by atoms with van der Waals surface area (Å²) in [7, 11) is 0. The van der Waals surface area contributed by atoms with Gasteiger partial charge in [-0.15, -0.1) is 16.4 Å². The molecule has 5 nitrogen and oxygen atoms in total. The van der Waals surface area contributed by atoms with Crippen molar-refractivity contribution in [1.82, 2.24) is 19.7 Å². The smallest absolute Gasteiger partial charge is 0.335 e. The fraction of sp³-hybridized carbons (Fsp3) is 0.316. The fourth-order valence-corrected chi connectivity index (χ4v) is 3.99. The molecule has 0 unspecified atom stereocenters. The highest BCUT2D eigenvalue weighted by molar-refractivity contribution is 7.13. The van der Waals surface area contributed by atoms with E-state index in [0.29, 0.717) is 12.2 Å². The van der Waals surface area contributed by atoms with Gasteiger partial charge >= 0.3 is 6.18 Å². The Kier molecular flexibility index (Phi) is 4.92. The zero-order valence-corrected chi connectivity index (χ0v) is 15.6. The van der Waals surface area contributed by atoms with E-state index < -0.39 is 18.0 Å². The number of thiophene rings is 1. The number of hydrogen-bond acceptors (Lipinski definition) is 4. The highest BCUT2D eigenvalue weighted by atomic mass is 32.1. The van der Waals surface area contributed by atoms with E-state index in [2.05, 4.69) is 10.1 Å². The number of alkyl halides is 3. The minimum atomic E-state index is -4.31. The fourth-order valence-electron chi connectivity index (χ4n) is 3.29. The van der Waals surface area contributed by atoms with Crippen molar-refractivity contribution >= 4 is 17.2 Å². The molecule has 3 heterocycles. The molecule has 0 spiro atoms. The van der Waals surface area contributed by atoms with Gasteiger partial charge in [-0.2, -0.15) is 13.2 Å². The van der Waals surface area contributed by atoms with Gasteiger partial charge in [-0.25, -0.2) is 9.67 Å². The Morgan fingerprint density at radius 1 is 1.14 bits per heavy atom. The number of likely N-dealkylation sites (tertiary alicyclic amines) is 1. The Balaban J connectivity index is 1.68. The topological polar surface area (TPSA) is 51.0 Å². The van der Waals surface area contributed by atoms with Gasteiger partial charge in [-0.3, -0.25) is 4.79 Å². The van der Waals surface area contributed by atoms with Crippen molar-refractivity contribution < 1.29 is 18.0 Å². The van der Waals surface area contributed by atoms with E-state index in [-0.39, 0.29) is 25.3 Å². The number of benzene rings is 1. The lowest BCUT2D eigenvalue weighted by atomic mass is 9.97. The summed E-state index contributed by atoms with van der Waals surface area (Å²) in [4.78, 5) is 19.3. The molecule has 2 aromatic heterocycles. The van der Waals surface area contributed by atoms with Gasteiger partial charge < -0.3 is 4.90 Å². The molecule has 4 rings (SSSR count). The molecule has 3 aromatic rings. The van der Waals surface area contributed by atoms with Crippen LogP contribution in [0.3, 0.4) is 0 Å². The van der Waals surface area contributed by atoms with E-state index in [9.17, 15) is 18.0 Å². The van der Waals surface area contributed by atoms with E-state index >= 15 is 0 Å². The second kappa shape index (κ2) is 7.38. The Bertz CT molecular complexity index is 953. The molecule has 1 amide bonds. The molecule has 0 saturated carbocycles. The van der Waals surface area contributed by atoms with E-state index in [1.165, 1.54) is 16.2 Å². The maximum atomic E-state index is 13.1. The molecule has 28 heavy (non-hydrogen) atoms. The van der Waals surface area contributed by atoms with Crippen molar-refractivity contribution in [3.8, 4) is 16.4 Å². The summed E-state index contributed by atoms with van der Waals surface area (Å²) in [5.41, 5.74) is 0.726. The first-order valence-corrected chi connectivity index (χ1v) is 9.74. The maximum absolute atomic E-state index is 13.1. The standard InChI is InChI=1S/C19H17F3N4OS/c20-19(21,22)13-6-4-10-25(12-13)18(27)16-23-17(15-9-5-11-28-15)26(24-16)14-7-2-1-3-8-14/h1-3,5,7-9,11,13H,4,6,10,12H2/t13-/m1/s1. The molecule has 1 aliphatic rings. The zero-order valence-electron chi connectivity index (χ0n) is 14.8. The Morgan fingerprint density at radius 3 is 2.61 bits per heavy atom. The molecule has 0 aliphatic carbocycles. The number of carbonyl (C=O) groups is 1. The molecule has 1 atom stereocenters. The highest BCUT2D eigenvalue weighted by Crippen LogP contribution is 2.33. The van der Waals surface area contributed by atoms with Crippen molar-refractivity contribution in [3.05, 3.63) is 53.7 Å². The summed E-state index contributed by atoms with van der Waals surface area (Å²) >= 11 is 1.45. The largest absolute Gasteiger partial charge is 0.393 e. The lowest BCUT2D eigenvalue weighted by Crippen LogP contribution is -2.44. The van der Waals surface area contributed by atoms with Gasteiger partial charge in [-0.05, 0) is 36.4 Å². The lowest BCUT2D eigenvalue weighted by Gasteiger charge is -2.33. The molecule has 1 saturated heterocycles. The third kappa shape index (κ3) is 3.66. The van der Waals surface area contributed by atoms with Gasteiger partial charge in [0.1, 0.15) is 0 Å². The number of aromatic nitrogens is 3. The zero-order chi connectivity index (χ0) is 19.7. The van der Waals surface area contributed by atoms with Crippen LogP contribution in [0.1, 0.15) is 23.5 Å². The van der Waals surface area contributed by atoms with Gasteiger partial charge in [-0.1, -0.05) is 24.3 Å². The first-order valence-electron chi connectivity index (χ1n) is 8.86. The quantitative estimate of drug-likeness (QED) is 0.647. The summed E-state index contributed by atoms with van der Waals surface area (Å²) in [6.07, 6.45) is -3.95. The van der Waals surface area contributed by atoms with Crippen LogP contribution in [0, 0.1) is 5.92 Å². The van der Waals surface area contributed by atoms with Gasteiger partial charge in [0.2, 0.25) is 5.82 Å². The minimum absolute atomic E-state index is 0.0413. The Labute approximate surface area is 163 Å². The van der Waals surface area contributed by atoms with Crippen LogP contribution in [0.25, 0.3) is 16.4 Å². The van der Waals surface area contributed by atoms with E-state index in [0.717, 1.165) is 10.6 Å². The minimum Gasteiger partial charge on any atom is -0.335 e. The summed E-state index contributed by atoms with van der Waals surface area (Å²) in [5.74, 6) is -1.66. The summed E-state index contributed by atoms with van der Waals surface area (Å²) in [5, 5.41) is 6.23. The van der Waals surface area contributed by atoms with Crippen molar-refractivity contribution in [1.29, 1.82) is 0 Å². The van der Waals surface area contributed by atoms with Crippen LogP contribution in [0.4, 0.5) is 13.2 Å². The number of rotatable bonds is 3. The molecule has 0 radical (unpaired) electrons. The SMILES string of the molecule is O=C(c1nc(-c2cccs2)n(-c2ccccc2)n1)N1CCC[C@@H](C(F)(F)F)C1. The molecule has 0 N–H and O–H groups in total. The van der Waals surface area contributed by atoms with Crippen LogP contribution in [0.2, 0.25) is 0 Å². The first kappa shape index (κ1) is 18.7. The van der Waals surface area contributed by atoms with Crippen LogP contribution >= 0.6 is 11.3 Å². The van der Waals surface area contributed by atoms with Crippen molar-refractivity contribution in [3.63, 3.8) is 0 Å². The van der Waals surface area contributed by atoms with Gasteiger partial charge in [0.15, 0.2) is 5.82 Å². The molecular weight excluding hydrogens is 389 g/mol. The first-order chi connectivity index (χ1) is 13.4. The van der Waals surface area contributed by atoms with Crippen LogP contribution in [-0.2, 0) is 0 Å². The van der Waals surface area contributed by atoms with Crippen molar-refractivity contribution in [2.75, 3.05) is 13.1 Å². The number of piperidine rings is 1. The predicted octanol–water partition coefficient (Wildman–Crippen LogP) is 4.41. The predicted molar refractivity (Wildman–Crippen MR) is 99.4 cm³/mol. The monoisotopic (exact) mass is 406 g/mol. The highest BCUT2D eigenvalue weighted by Gasteiger charge is 2.43. The number of amides is 1. The van der Waals surface area contributed by atoms with Crippen LogP contribution in [0.15, 0.2) is 47.8 Å². The van der Waals surface area contributed by atoms with Gasteiger partial charge in [0, 0.05) is 13.1 Å². The van der Waals surface area contributed by atoms with Crippen LogP contribution < -0.4 is 0 Å². The number of halogens is 3. The second-order valence-corrected chi connectivity index (χ2v) is 7.56. The third-order valence-corrected chi connectivity index (χ3v) is 5.58. The number of carbonyl (C=O) groups excluding carboxylic acids is 1. The number of para-hydroxylation sites is 1. The summed E-state index contributed by atoms with van der Waals surface area (Å²) in [6.45, 7) is -0.0732. The summed E-state index contributed by atoms with van der Waals surface area (Å²) < 4.78 is 40.8. The Morgan fingerprint density at radius 2 is 1.93 bits per heavy atom. The van der Waals surface area contributed by atoms with E-state index in [4.69, 9.17) is 0 Å². The molecular formula is C19H17F3N4OS. The van der Waals surface area contributed by atoms with Gasteiger partial charge in [0.05, 0.1) is 16.5 Å². The molecule has 0 bridgehead atoms. The maximum Gasteiger partial charge on any atom is 0.393 e. The molecule has 146 valence electrons. The lowest BCUT2D eigenvalue weighted by molar-refractivity contribution is -0.184. The summed E-state index contributed by atoms with van der Waals surface area (Å²) in [6, 6.07) is 12.9.